The number of aromatic nitrogens is 3. The summed E-state index contributed by atoms with van der Waals surface area (Å²) in [6.45, 7) is 11.0. The van der Waals surface area contributed by atoms with Gasteiger partial charge in [-0.25, -0.2) is 0 Å². The Morgan fingerprint density at radius 2 is 1.77 bits per heavy atom. The Morgan fingerprint density at radius 1 is 1.15 bits per heavy atom. The van der Waals surface area contributed by atoms with Crippen molar-refractivity contribution in [2.45, 2.75) is 58.4 Å². The second-order valence-electron chi connectivity index (χ2n) is 6.56. The summed E-state index contributed by atoms with van der Waals surface area (Å²) >= 11 is 1.44. The topological polar surface area (TPSA) is 60.2 Å². The summed E-state index contributed by atoms with van der Waals surface area (Å²) in [6, 6.07) is 8.11. The minimum atomic E-state index is 0.122. The zero-order chi connectivity index (χ0) is 19.3. The molecule has 0 aliphatic heterocycles. The number of thioether (sulfide) groups is 1. The Hall–Kier alpha value is -2.02. The molecule has 0 aliphatic rings. The van der Waals surface area contributed by atoms with Gasteiger partial charge in [0.05, 0.1) is 12.9 Å². The molecule has 1 amide bonds. The number of nitrogens with zero attached hydrogens (tertiary/aromatic N) is 4. The molecular weight excluding hydrogens is 348 g/mol. The number of carbonyl (C=O) groups excluding carboxylic acids is 1. The Labute approximate surface area is 159 Å². The van der Waals surface area contributed by atoms with Crippen LogP contribution in [0.15, 0.2) is 29.4 Å². The Bertz CT molecular complexity index is 718. The summed E-state index contributed by atoms with van der Waals surface area (Å²) < 4.78 is 7.24. The molecule has 6 nitrogen and oxygen atoms in total. The third-order valence-electron chi connectivity index (χ3n) is 4.11. The highest BCUT2D eigenvalue weighted by Gasteiger charge is 2.21. The van der Waals surface area contributed by atoms with E-state index in [0.29, 0.717) is 5.75 Å². The van der Waals surface area contributed by atoms with Crippen molar-refractivity contribution in [1.82, 2.24) is 19.7 Å². The first-order chi connectivity index (χ1) is 12.4. The van der Waals surface area contributed by atoms with Gasteiger partial charge in [-0.2, -0.15) is 0 Å². The van der Waals surface area contributed by atoms with Crippen LogP contribution in [0, 0.1) is 0 Å². The van der Waals surface area contributed by atoms with E-state index >= 15 is 0 Å². The van der Waals surface area contributed by atoms with Crippen molar-refractivity contribution in [3.63, 3.8) is 0 Å². The molecule has 142 valence electrons. The molecule has 1 aromatic heterocycles. The molecule has 0 N–H and O–H groups in total. The number of benzene rings is 1. The molecule has 0 saturated heterocycles. The summed E-state index contributed by atoms with van der Waals surface area (Å²) in [4.78, 5) is 14.5. The maximum Gasteiger partial charge on any atom is 0.233 e. The van der Waals surface area contributed by atoms with Crippen LogP contribution in [-0.2, 0) is 11.3 Å². The van der Waals surface area contributed by atoms with E-state index in [4.69, 9.17) is 4.74 Å². The molecule has 0 spiro atoms. The lowest BCUT2D eigenvalue weighted by atomic mass is 10.2. The van der Waals surface area contributed by atoms with E-state index < -0.39 is 0 Å². The number of methoxy groups -OCH3 is 1. The van der Waals surface area contributed by atoms with E-state index in [-0.39, 0.29) is 18.0 Å². The van der Waals surface area contributed by atoms with E-state index in [1.54, 1.807) is 7.11 Å². The molecule has 0 radical (unpaired) electrons. The highest BCUT2D eigenvalue weighted by atomic mass is 32.2. The molecule has 2 aromatic rings. The molecule has 1 aromatic carbocycles. The van der Waals surface area contributed by atoms with Crippen LogP contribution in [0.5, 0.6) is 5.75 Å². The molecule has 2 rings (SSSR count). The van der Waals surface area contributed by atoms with Crippen molar-refractivity contribution in [2.24, 2.45) is 0 Å². The number of ether oxygens (including phenoxy) is 1. The van der Waals surface area contributed by atoms with Gasteiger partial charge < -0.3 is 14.2 Å². The van der Waals surface area contributed by atoms with Crippen LogP contribution >= 0.6 is 11.8 Å². The fourth-order valence-corrected chi connectivity index (χ4v) is 3.88. The largest absolute Gasteiger partial charge is 0.497 e. The first-order valence-corrected chi connectivity index (χ1v) is 9.89. The van der Waals surface area contributed by atoms with Crippen LogP contribution < -0.4 is 4.74 Å². The fraction of sp³-hybridized carbons (Fsp3) is 0.526. The van der Waals surface area contributed by atoms with Crippen molar-refractivity contribution in [3.8, 4) is 17.1 Å². The minimum absolute atomic E-state index is 0.122. The SMILES string of the molecule is CCn1c(SCC(=O)N(C(C)C)C(C)C)nnc1-c1ccc(OC)cc1. The van der Waals surface area contributed by atoms with Gasteiger partial charge in [0.1, 0.15) is 5.75 Å². The van der Waals surface area contributed by atoms with Gasteiger partial charge in [-0.1, -0.05) is 11.8 Å². The average molecular weight is 377 g/mol. The standard InChI is InChI=1S/C19H28N4O2S/c1-7-22-18(15-8-10-16(25-6)11-9-15)20-21-19(22)26-12-17(24)23(13(2)3)14(4)5/h8-11,13-14H,7,12H2,1-6H3. The third kappa shape index (κ3) is 4.58. The van der Waals surface area contributed by atoms with Gasteiger partial charge in [0.2, 0.25) is 5.91 Å². The minimum Gasteiger partial charge on any atom is -0.497 e. The van der Waals surface area contributed by atoms with Gasteiger partial charge in [-0.3, -0.25) is 4.79 Å². The molecule has 26 heavy (non-hydrogen) atoms. The van der Waals surface area contributed by atoms with E-state index in [0.717, 1.165) is 28.8 Å². The number of amides is 1. The Morgan fingerprint density at radius 3 is 2.27 bits per heavy atom. The van der Waals surface area contributed by atoms with Gasteiger partial charge in [-0.15, -0.1) is 10.2 Å². The predicted molar refractivity (Wildman–Crippen MR) is 106 cm³/mol. The van der Waals surface area contributed by atoms with Crippen LogP contribution in [-0.4, -0.2) is 50.5 Å². The molecule has 7 heteroatoms. The first-order valence-electron chi connectivity index (χ1n) is 8.90. The summed E-state index contributed by atoms with van der Waals surface area (Å²) in [7, 11) is 1.65. The monoisotopic (exact) mass is 376 g/mol. The van der Waals surface area contributed by atoms with Crippen LogP contribution in [0.3, 0.4) is 0 Å². The molecule has 1 heterocycles. The van der Waals surface area contributed by atoms with E-state index in [9.17, 15) is 4.79 Å². The van der Waals surface area contributed by atoms with Crippen LogP contribution in [0.25, 0.3) is 11.4 Å². The average Bonchev–Trinajstić information content (AvgIpc) is 3.02. The summed E-state index contributed by atoms with van der Waals surface area (Å²) in [5.74, 6) is 2.09. The lowest BCUT2D eigenvalue weighted by Gasteiger charge is -2.30. The number of carbonyl (C=O) groups is 1. The number of hydrogen-bond donors (Lipinski definition) is 0. The smallest absolute Gasteiger partial charge is 0.233 e. The maximum absolute atomic E-state index is 12.6. The van der Waals surface area contributed by atoms with Gasteiger partial charge in [-0.05, 0) is 58.9 Å². The van der Waals surface area contributed by atoms with Crippen molar-refractivity contribution in [2.75, 3.05) is 12.9 Å². The second kappa shape index (κ2) is 9.07. The molecule has 0 bridgehead atoms. The fourth-order valence-electron chi connectivity index (χ4n) is 3.01. The van der Waals surface area contributed by atoms with Crippen molar-refractivity contribution in [3.05, 3.63) is 24.3 Å². The van der Waals surface area contributed by atoms with Crippen LogP contribution in [0.2, 0.25) is 0 Å². The van der Waals surface area contributed by atoms with E-state index in [2.05, 4.69) is 17.1 Å². The zero-order valence-electron chi connectivity index (χ0n) is 16.4. The summed E-state index contributed by atoms with van der Waals surface area (Å²) in [5.41, 5.74) is 0.976. The van der Waals surface area contributed by atoms with Crippen LogP contribution in [0.4, 0.5) is 0 Å². The van der Waals surface area contributed by atoms with Gasteiger partial charge >= 0.3 is 0 Å². The number of rotatable bonds is 8. The van der Waals surface area contributed by atoms with Crippen molar-refractivity contribution >= 4 is 17.7 Å². The summed E-state index contributed by atoms with van der Waals surface area (Å²) in [6.07, 6.45) is 0. The molecule has 0 atom stereocenters. The second-order valence-corrected chi connectivity index (χ2v) is 7.50. The Balaban J connectivity index is 2.16. The molecule has 0 fully saturated rings. The van der Waals surface area contributed by atoms with Gasteiger partial charge in [0.15, 0.2) is 11.0 Å². The lowest BCUT2D eigenvalue weighted by molar-refractivity contribution is -0.131. The predicted octanol–water partition coefficient (Wildman–Crippen LogP) is 3.71. The molecule has 0 saturated carbocycles. The van der Waals surface area contributed by atoms with E-state index in [1.165, 1.54) is 11.8 Å². The van der Waals surface area contributed by atoms with E-state index in [1.807, 2.05) is 61.4 Å². The van der Waals surface area contributed by atoms with Crippen LogP contribution in [0.1, 0.15) is 34.6 Å². The third-order valence-corrected chi connectivity index (χ3v) is 5.06. The highest BCUT2D eigenvalue weighted by molar-refractivity contribution is 7.99. The summed E-state index contributed by atoms with van der Waals surface area (Å²) in [5, 5.41) is 9.40. The first kappa shape index (κ1) is 20.3. The highest BCUT2D eigenvalue weighted by Crippen LogP contribution is 2.26. The van der Waals surface area contributed by atoms with Gasteiger partial charge in [0, 0.05) is 24.2 Å². The lowest BCUT2D eigenvalue weighted by Crippen LogP contribution is -2.43. The van der Waals surface area contributed by atoms with Crippen molar-refractivity contribution < 1.29 is 9.53 Å². The zero-order valence-corrected chi connectivity index (χ0v) is 17.2. The molecule has 0 aliphatic carbocycles. The maximum atomic E-state index is 12.6. The normalized spacial score (nSPS) is 11.2. The molecular formula is C19H28N4O2S. The quantitative estimate of drug-likeness (QED) is 0.657. The molecule has 0 unspecified atom stereocenters. The number of hydrogen-bond acceptors (Lipinski definition) is 5. The van der Waals surface area contributed by atoms with Gasteiger partial charge in [0.25, 0.3) is 0 Å². The Kier molecular flexibility index (Phi) is 7.08. The van der Waals surface area contributed by atoms with Crippen molar-refractivity contribution in [1.29, 1.82) is 0 Å².